The Hall–Kier alpha value is -0.120. The molecule has 3 nitrogen and oxygen atoms in total. The van der Waals surface area contributed by atoms with E-state index >= 15 is 0 Å². The maximum absolute atomic E-state index is 6.22. The van der Waals surface area contributed by atoms with Crippen LogP contribution < -0.4 is 0 Å². The molecule has 0 N–H and O–H groups in total. The van der Waals surface area contributed by atoms with E-state index in [9.17, 15) is 0 Å². The summed E-state index contributed by atoms with van der Waals surface area (Å²) in [6.45, 7) is 7.90. The van der Waals surface area contributed by atoms with Gasteiger partial charge in [0.15, 0.2) is 0 Å². The molecule has 4 aliphatic rings. The smallest absolute Gasteiger partial charge is 0.0707 e. The van der Waals surface area contributed by atoms with E-state index in [1.165, 1.54) is 77.4 Å². The Kier molecular flexibility index (Phi) is 5.47. The lowest BCUT2D eigenvalue weighted by Gasteiger charge is -2.54. The fourth-order valence-electron chi connectivity index (χ4n) is 5.05. The lowest BCUT2D eigenvalue weighted by Crippen LogP contribution is -2.52. The first-order valence-corrected chi connectivity index (χ1v) is 9.55. The Balaban J connectivity index is 1.47. The predicted octanol–water partition coefficient (Wildman–Crippen LogP) is 3.86. The fourth-order valence-corrected chi connectivity index (χ4v) is 5.05. The first-order valence-electron chi connectivity index (χ1n) is 9.55. The van der Waals surface area contributed by atoms with E-state index in [0.717, 1.165) is 19.1 Å². The monoisotopic (exact) mass is 309 g/mol. The SMILES string of the molecule is CCC1CCN(CC23CCC(OCCOC)(CC2)CC3)CC1. The Labute approximate surface area is 136 Å². The summed E-state index contributed by atoms with van der Waals surface area (Å²) in [5, 5.41) is 0. The van der Waals surface area contributed by atoms with Crippen LogP contribution in [0.25, 0.3) is 0 Å². The zero-order chi connectivity index (χ0) is 15.5. The summed E-state index contributed by atoms with van der Waals surface area (Å²) in [6.07, 6.45) is 12.2. The van der Waals surface area contributed by atoms with E-state index in [-0.39, 0.29) is 5.60 Å². The maximum Gasteiger partial charge on any atom is 0.0707 e. The van der Waals surface area contributed by atoms with Crippen molar-refractivity contribution in [3.63, 3.8) is 0 Å². The predicted molar refractivity (Wildman–Crippen MR) is 90.1 cm³/mol. The minimum Gasteiger partial charge on any atom is -0.382 e. The number of piperidine rings is 1. The van der Waals surface area contributed by atoms with Gasteiger partial charge in [0.2, 0.25) is 0 Å². The number of hydrogen-bond donors (Lipinski definition) is 0. The number of fused-ring (bicyclic) bond motifs is 3. The molecule has 4 fully saturated rings. The second kappa shape index (κ2) is 7.19. The van der Waals surface area contributed by atoms with Crippen LogP contribution in [0.4, 0.5) is 0 Å². The molecule has 0 aromatic heterocycles. The molecular weight excluding hydrogens is 274 g/mol. The Bertz CT molecular complexity index is 325. The molecule has 0 aromatic rings. The molecule has 1 saturated heterocycles. The molecule has 3 aliphatic carbocycles. The lowest BCUT2D eigenvalue weighted by molar-refractivity contribution is -0.148. The molecule has 3 heteroatoms. The summed E-state index contributed by atoms with van der Waals surface area (Å²) >= 11 is 0. The van der Waals surface area contributed by atoms with Crippen LogP contribution >= 0.6 is 0 Å². The number of rotatable bonds is 7. The average Bonchev–Trinajstić information content (AvgIpc) is 2.58. The molecule has 0 aromatic carbocycles. The van der Waals surface area contributed by atoms with E-state index in [4.69, 9.17) is 9.47 Å². The summed E-state index contributed by atoms with van der Waals surface area (Å²) in [5.74, 6) is 0.994. The minimum absolute atomic E-state index is 0.204. The van der Waals surface area contributed by atoms with E-state index in [1.807, 2.05) is 0 Å². The van der Waals surface area contributed by atoms with E-state index in [1.54, 1.807) is 7.11 Å². The number of methoxy groups -OCH3 is 1. The van der Waals surface area contributed by atoms with Crippen LogP contribution in [0.1, 0.15) is 64.7 Å². The van der Waals surface area contributed by atoms with Crippen molar-refractivity contribution in [1.82, 2.24) is 4.90 Å². The fraction of sp³-hybridized carbons (Fsp3) is 1.00. The van der Waals surface area contributed by atoms with Gasteiger partial charge in [0.1, 0.15) is 0 Å². The van der Waals surface area contributed by atoms with Gasteiger partial charge in [0, 0.05) is 13.7 Å². The first kappa shape index (κ1) is 16.7. The topological polar surface area (TPSA) is 21.7 Å². The summed E-state index contributed by atoms with van der Waals surface area (Å²) < 4.78 is 11.4. The van der Waals surface area contributed by atoms with Crippen molar-refractivity contribution in [1.29, 1.82) is 0 Å². The quantitative estimate of drug-likeness (QED) is 0.667. The van der Waals surface area contributed by atoms with Gasteiger partial charge < -0.3 is 14.4 Å². The average molecular weight is 309 g/mol. The van der Waals surface area contributed by atoms with Crippen molar-refractivity contribution in [2.24, 2.45) is 11.3 Å². The van der Waals surface area contributed by atoms with Gasteiger partial charge in [-0.3, -0.25) is 0 Å². The lowest BCUT2D eigenvalue weighted by atomic mass is 9.58. The molecule has 1 heterocycles. The van der Waals surface area contributed by atoms with Gasteiger partial charge in [0.05, 0.1) is 18.8 Å². The number of nitrogens with zero attached hydrogens (tertiary/aromatic N) is 1. The van der Waals surface area contributed by atoms with Gasteiger partial charge >= 0.3 is 0 Å². The van der Waals surface area contributed by atoms with E-state index < -0.39 is 0 Å². The van der Waals surface area contributed by atoms with Gasteiger partial charge in [-0.15, -0.1) is 0 Å². The third-order valence-electron chi connectivity index (χ3n) is 6.87. The molecule has 128 valence electrons. The molecule has 0 radical (unpaired) electrons. The Morgan fingerprint density at radius 2 is 1.59 bits per heavy atom. The van der Waals surface area contributed by atoms with Crippen LogP contribution in [0.3, 0.4) is 0 Å². The van der Waals surface area contributed by atoms with Crippen LogP contribution in [0.5, 0.6) is 0 Å². The van der Waals surface area contributed by atoms with Crippen molar-refractivity contribution in [3.05, 3.63) is 0 Å². The summed E-state index contributed by atoms with van der Waals surface area (Å²) in [7, 11) is 1.76. The molecular formula is C19H35NO2. The highest BCUT2D eigenvalue weighted by Gasteiger charge is 2.49. The highest BCUT2D eigenvalue weighted by molar-refractivity contribution is 5.02. The van der Waals surface area contributed by atoms with Crippen LogP contribution in [0.15, 0.2) is 0 Å². The molecule has 4 rings (SSSR count). The number of hydrogen-bond acceptors (Lipinski definition) is 3. The standard InChI is InChI=1S/C19H35NO2/c1-3-17-4-12-20(13-5-17)16-18-6-9-19(10-7-18,11-8-18)22-15-14-21-2/h17H,3-16H2,1-2H3. The first-order chi connectivity index (χ1) is 10.7. The van der Waals surface area contributed by atoms with Crippen molar-refractivity contribution < 1.29 is 9.47 Å². The highest BCUT2D eigenvalue weighted by Crippen LogP contribution is 2.54. The second-order valence-corrected chi connectivity index (χ2v) is 8.15. The van der Waals surface area contributed by atoms with E-state index in [0.29, 0.717) is 5.41 Å². The van der Waals surface area contributed by atoms with Crippen LogP contribution in [0.2, 0.25) is 0 Å². The van der Waals surface area contributed by atoms with Gasteiger partial charge in [0.25, 0.3) is 0 Å². The van der Waals surface area contributed by atoms with Gasteiger partial charge in [-0.2, -0.15) is 0 Å². The minimum atomic E-state index is 0.204. The second-order valence-electron chi connectivity index (χ2n) is 8.15. The molecule has 0 unspecified atom stereocenters. The Morgan fingerprint density at radius 3 is 2.14 bits per heavy atom. The zero-order valence-electron chi connectivity index (χ0n) is 14.7. The van der Waals surface area contributed by atoms with Crippen molar-refractivity contribution in [2.75, 3.05) is 40.0 Å². The third-order valence-corrected chi connectivity index (χ3v) is 6.87. The van der Waals surface area contributed by atoms with E-state index in [2.05, 4.69) is 11.8 Å². The zero-order valence-corrected chi connectivity index (χ0v) is 14.7. The molecule has 0 amide bonds. The molecule has 2 bridgehead atoms. The highest BCUT2D eigenvalue weighted by atomic mass is 16.5. The molecule has 1 aliphatic heterocycles. The number of ether oxygens (including phenoxy) is 2. The van der Waals surface area contributed by atoms with Crippen LogP contribution in [0, 0.1) is 11.3 Å². The molecule has 0 spiro atoms. The van der Waals surface area contributed by atoms with Crippen molar-refractivity contribution in [2.45, 2.75) is 70.3 Å². The molecule has 3 saturated carbocycles. The molecule has 0 atom stereocenters. The molecule has 22 heavy (non-hydrogen) atoms. The normalized spacial score (nSPS) is 36.8. The van der Waals surface area contributed by atoms with Crippen LogP contribution in [-0.4, -0.2) is 50.5 Å². The largest absolute Gasteiger partial charge is 0.382 e. The maximum atomic E-state index is 6.22. The third kappa shape index (κ3) is 3.68. The Morgan fingerprint density at radius 1 is 0.955 bits per heavy atom. The van der Waals surface area contributed by atoms with Crippen molar-refractivity contribution in [3.8, 4) is 0 Å². The van der Waals surface area contributed by atoms with Gasteiger partial charge in [-0.05, 0) is 75.8 Å². The summed E-state index contributed by atoms with van der Waals surface area (Å²) in [5.41, 5.74) is 0.820. The van der Waals surface area contributed by atoms with Gasteiger partial charge in [-0.1, -0.05) is 13.3 Å². The van der Waals surface area contributed by atoms with Crippen LogP contribution in [-0.2, 0) is 9.47 Å². The number of likely N-dealkylation sites (tertiary alicyclic amines) is 1. The van der Waals surface area contributed by atoms with Crippen molar-refractivity contribution >= 4 is 0 Å². The summed E-state index contributed by atoms with van der Waals surface area (Å²) in [6, 6.07) is 0. The van der Waals surface area contributed by atoms with Gasteiger partial charge in [-0.25, -0.2) is 0 Å². The summed E-state index contributed by atoms with van der Waals surface area (Å²) in [4.78, 5) is 2.77.